The molecular formula is C24H23N5O2. The second kappa shape index (κ2) is 8.65. The fourth-order valence-electron chi connectivity index (χ4n) is 3.81. The molecule has 2 aliphatic rings. The van der Waals surface area contributed by atoms with Gasteiger partial charge in [0.15, 0.2) is 5.82 Å². The number of fused-ring (bicyclic) bond motifs is 1. The van der Waals surface area contributed by atoms with E-state index in [1.807, 2.05) is 47.5 Å². The van der Waals surface area contributed by atoms with Gasteiger partial charge in [-0.25, -0.2) is 9.97 Å². The van der Waals surface area contributed by atoms with Gasteiger partial charge in [0.25, 0.3) is 0 Å². The predicted octanol–water partition coefficient (Wildman–Crippen LogP) is 3.22. The SMILES string of the molecule is O=C(Cc1cccc(-c2nccc(Nc3ccc4c(c3)C=NC4)n2)c1)N1CCOCC1. The van der Waals surface area contributed by atoms with E-state index in [1.165, 1.54) is 5.56 Å². The summed E-state index contributed by atoms with van der Waals surface area (Å²) in [6.45, 7) is 3.28. The molecule has 1 aromatic heterocycles. The van der Waals surface area contributed by atoms with Crippen molar-refractivity contribution in [2.45, 2.75) is 13.0 Å². The third-order valence-corrected chi connectivity index (χ3v) is 5.47. The fraction of sp³-hybridized carbons (Fsp3) is 0.250. The number of hydrogen-bond donors (Lipinski definition) is 1. The highest BCUT2D eigenvalue weighted by Crippen LogP contribution is 2.23. The standard InChI is InChI=1S/C24H23N5O2/c30-23(29-8-10-31-11-9-29)13-17-2-1-3-18(12-17)24-26-7-6-22(28-24)27-21-5-4-19-15-25-16-20(19)14-21/h1-7,12,14,16H,8-11,13,15H2,(H,26,27,28). The van der Waals surface area contributed by atoms with Crippen molar-refractivity contribution in [3.63, 3.8) is 0 Å². The summed E-state index contributed by atoms with van der Waals surface area (Å²) in [5, 5.41) is 3.35. The van der Waals surface area contributed by atoms with E-state index in [-0.39, 0.29) is 5.91 Å². The average molecular weight is 413 g/mol. The van der Waals surface area contributed by atoms with E-state index in [9.17, 15) is 4.79 Å². The van der Waals surface area contributed by atoms with E-state index >= 15 is 0 Å². The lowest BCUT2D eigenvalue weighted by Crippen LogP contribution is -2.41. The molecule has 0 spiro atoms. The Balaban J connectivity index is 1.32. The Hall–Kier alpha value is -3.58. The zero-order chi connectivity index (χ0) is 21.0. The highest BCUT2D eigenvalue weighted by Gasteiger charge is 2.17. The molecule has 31 heavy (non-hydrogen) atoms. The molecule has 0 bridgehead atoms. The molecule has 5 rings (SSSR count). The molecular weight excluding hydrogens is 390 g/mol. The Labute approximate surface area is 180 Å². The number of aliphatic imine (C=N–C) groups is 1. The van der Waals surface area contributed by atoms with Crippen molar-refractivity contribution >= 4 is 23.6 Å². The van der Waals surface area contributed by atoms with Crippen molar-refractivity contribution in [2.75, 3.05) is 31.6 Å². The van der Waals surface area contributed by atoms with Gasteiger partial charge in [0.05, 0.1) is 26.2 Å². The number of morpholine rings is 1. The van der Waals surface area contributed by atoms with Gasteiger partial charge in [0.1, 0.15) is 5.82 Å². The smallest absolute Gasteiger partial charge is 0.227 e. The lowest BCUT2D eigenvalue weighted by Gasteiger charge is -2.26. The van der Waals surface area contributed by atoms with Crippen molar-refractivity contribution < 1.29 is 9.53 Å². The van der Waals surface area contributed by atoms with Crippen LogP contribution in [0, 0.1) is 0 Å². The summed E-state index contributed by atoms with van der Waals surface area (Å²) in [7, 11) is 0. The van der Waals surface area contributed by atoms with Crippen LogP contribution in [0.15, 0.2) is 59.7 Å². The minimum absolute atomic E-state index is 0.122. The van der Waals surface area contributed by atoms with Crippen LogP contribution in [0.5, 0.6) is 0 Å². The van der Waals surface area contributed by atoms with Crippen LogP contribution in [-0.2, 0) is 22.5 Å². The Kier molecular flexibility index (Phi) is 5.41. The molecule has 2 aliphatic heterocycles. The zero-order valence-electron chi connectivity index (χ0n) is 17.1. The summed E-state index contributed by atoms with van der Waals surface area (Å²) in [4.78, 5) is 27.8. The number of aromatic nitrogens is 2. The van der Waals surface area contributed by atoms with Crippen LogP contribution < -0.4 is 5.32 Å². The van der Waals surface area contributed by atoms with E-state index in [0.29, 0.717) is 38.5 Å². The van der Waals surface area contributed by atoms with Crippen molar-refractivity contribution in [1.29, 1.82) is 0 Å². The molecule has 0 atom stereocenters. The number of ether oxygens (including phenoxy) is 1. The van der Waals surface area contributed by atoms with Crippen molar-refractivity contribution in [3.8, 4) is 11.4 Å². The summed E-state index contributed by atoms with van der Waals surface area (Å²) in [6, 6.07) is 15.9. The predicted molar refractivity (Wildman–Crippen MR) is 120 cm³/mol. The maximum absolute atomic E-state index is 12.6. The third-order valence-electron chi connectivity index (χ3n) is 5.47. The Morgan fingerprint density at radius 2 is 2.00 bits per heavy atom. The molecule has 1 fully saturated rings. The first-order chi connectivity index (χ1) is 15.2. The number of rotatable bonds is 5. The van der Waals surface area contributed by atoms with Crippen molar-refractivity contribution in [2.24, 2.45) is 4.99 Å². The third kappa shape index (κ3) is 4.46. The topological polar surface area (TPSA) is 79.7 Å². The molecule has 1 saturated heterocycles. The van der Waals surface area contributed by atoms with E-state index in [2.05, 4.69) is 32.4 Å². The summed E-state index contributed by atoms with van der Waals surface area (Å²) in [5.74, 6) is 1.46. The number of amides is 1. The molecule has 7 nitrogen and oxygen atoms in total. The van der Waals surface area contributed by atoms with Gasteiger partial charge in [-0.1, -0.05) is 24.3 Å². The molecule has 0 unspecified atom stereocenters. The zero-order valence-corrected chi connectivity index (χ0v) is 17.1. The number of nitrogens with zero attached hydrogens (tertiary/aromatic N) is 4. The van der Waals surface area contributed by atoms with E-state index in [0.717, 1.165) is 34.7 Å². The quantitative estimate of drug-likeness (QED) is 0.695. The number of carbonyl (C=O) groups excluding carboxylic acids is 1. The number of anilines is 2. The van der Waals surface area contributed by atoms with Crippen LogP contribution in [0.3, 0.4) is 0 Å². The normalized spacial score (nSPS) is 15.0. The number of carbonyl (C=O) groups is 1. The van der Waals surface area contributed by atoms with Gasteiger partial charge in [-0.3, -0.25) is 9.79 Å². The minimum Gasteiger partial charge on any atom is -0.378 e. The van der Waals surface area contributed by atoms with Crippen LogP contribution >= 0.6 is 0 Å². The molecule has 3 aromatic rings. The second-order valence-electron chi connectivity index (χ2n) is 7.64. The number of hydrogen-bond acceptors (Lipinski definition) is 6. The largest absolute Gasteiger partial charge is 0.378 e. The molecule has 156 valence electrons. The Morgan fingerprint density at radius 3 is 2.90 bits per heavy atom. The second-order valence-corrected chi connectivity index (χ2v) is 7.64. The van der Waals surface area contributed by atoms with Crippen molar-refractivity contribution in [3.05, 3.63) is 71.4 Å². The molecule has 2 aromatic carbocycles. The first-order valence-electron chi connectivity index (χ1n) is 10.4. The fourth-order valence-corrected chi connectivity index (χ4v) is 3.81. The average Bonchev–Trinajstić information content (AvgIpc) is 3.28. The van der Waals surface area contributed by atoms with Crippen molar-refractivity contribution in [1.82, 2.24) is 14.9 Å². The van der Waals surface area contributed by atoms with Gasteiger partial charge in [0.2, 0.25) is 5.91 Å². The molecule has 1 N–H and O–H groups in total. The highest BCUT2D eigenvalue weighted by atomic mass is 16.5. The Bertz CT molecular complexity index is 1140. The summed E-state index contributed by atoms with van der Waals surface area (Å²) < 4.78 is 5.33. The Morgan fingerprint density at radius 1 is 1.10 bits per heavy atom. The maximum atomic E-state index is 12.6. The lowest BCUT2D eigenvalue weighted by molar-refractivity contribution is -0.134. The van der Waals surface area contributed by atoms with Gasteiger partial charge in [0, 0.05) is 36.8 Å². The first kappa shape index (κ1) is 19.4. The van der Waals surface area contributed by atoms with E-state index in [1.54, 1.807) is 6.20 Å². The van der Waals surface area contributed by atoms with Gasteiger partial charge >= 0.3 is 0 Å². The van der Waals surface area contributed by atoms with Gasteiger partial charge in [-0.05, 0) is 41.0 Å². The van der Waals surface area contributed by atoms with Gasteiger partial charge in [-0.2, -0.15) is 0 Å². The molecule has 7 heteroatoms. The minimum atomic E-state index is 0.122. The molecule has 0 saturated carbocycles. The van der Waals surface area contributed by atoms with Gasteiger partial charge < -0.3 is 15.0 Å². The van der Waals surface area contributed by atoms with Crippen LogP contribution in [0.25, 0.3) is 11.4 Å². The summed E-state index contributed by atoms with van der Waals surface area (Å²) in [5.41, 5.74) is 5.17. The van der Waals surface area contributed by atoms with Crippen LogP contribution in [0.1, 0.15) is 16.7 Å². The summed E-state index contributed by atoms with van der Waals surface area (Å²) in [6.07, 6.45) is 4.00. The highest BCUT2D eigenvalue weighted by molar-refractivity contribution is 5.86. The molecule has 0 radical (unpaired) electrons. The monoisotopic (exact) mass is 413 g/mol. The van der Waals surface area contributed by atoms with E-state index in [4.69, 9.17) is 4.74 Å². The van der Waals surface area contributed by atoms with Crippen LogP contribution in [0.4, 0.5) is 11.5 Å². The van der Waals surface area contributed by atoms with Crippen LogP contribution in [-0.4, -0.2) is 53.3 Å². The first-order valence-corrected chi connectivity index (χ1v) is 10.4. The molecule has 3 heterocycles. The molecule has 0 aliphatic carbocycles. The maximum Gasteiger partial charge on any atom is 0.227 e. The number of nitrogens with one attached hydrogen (secondary N) is 1. The molecule has 1 amide bonds. The van der Waals surface area contributed by atoms with Gasteiger partial charge in [-0.15, -0.1) is 0 Å². The summed E-state index contributed by atoms with van der Waals surface area (Å²) >= 11 is 0. The number of benzene rings is 2. The van der Waals surface area contributed by atoms with E-state index < -0.39 is 0 Å². The van der Waals surface area contributed by atoms with Crippen LogP contribution in [0.2, 0.25) is 0 Å². The lowest BCUT2D eigenvalue weighted by atomic mass is 10.1.